The van der Waals surface area contributed by atoms with Crippen molar-refractivity contribution in [3.63, 3.8) is 0 Å². The molecular weight excluding hydrogens is 566 g/mol. The van der Waals surface area contributed by atoms with Crippen LogP contribution in [-0.4, -0.2) is 34.9 Å². The number of nitrogens with one attached hydrogen (secondary N) is 1. The molecule has 2 atom stereocenters. The van der Waals surface area contributed by atoms with E-state index in [2.05, 4.69) is 79.9 Å². The molecule has 1 amide bonds. The van der Waals surface area contributed by atoms with E-state index in [9.17, 15) is 15.0 Å². The Morgan fingerprint density at radius 3 is 1.43 bits per heavy atom. The van der Waals surface area contributed by atoms with Crippen molar-refractivity contribution < 1.29 is 15.0 Å². The van der Waals surface area contributed by atoms with Gasteiger partial charge in [-0.05, 0) is 64.2 Å². The van der Waals surface area contributed by atoms with Crippen molar-refractivity contribution in [2.75, 3.05) is 6.61 Å². The minimum Gasteiger partial charge on any atom is -0.394 e. The number of unbranched alkanes of at least 4 members (excludes halogenated alkanes) is 16. The Balaban J connectivity index is 3.70. The van der Waals surface area contributed by atoms with Crippen LogP contribution in [0.2, 0.25) is 0 Å². The molecule has 0 aliphatic rings. The molecule has 0 radical (unpaired) electrons. The molecule has 0 saturated carbocycles. The van der Waals surface area contributed by atoms with Gasteiger partial charge in [0.1, 0.15) is 0 Å². The second-order valence-electron chi connectivity index (χ2n) is 12.6. The highest BCUT2D eigenvalue weighted by atomic mass is 16.3. The molecular formula is C42H73NO3. The normalized spacial score (nSPS) is 13.9. The van der Waals surface area contributed by atoms with Crippen molar-refractivity contribution in [2.24, 2.45) is 0 Å². The van der Waals surface area contributed by atoms with E-state index in [1.54, 1.807) is 6.08 Å². The van der Waals surface area contributed by atoms with Crippen LogP contribution in [0.15, 0.2) is 72.9 Å². The summed E-state index contributed by atoms with van der Waals surface area (Å²) in [5, 5.41) is 22.9. The first kappa shape index (κ1) is 43.8. The van der Waals surface area contributed by atoms with Crippen LogP contribution in [0.3, 0.4) is 0 Å². The third-order valence-electron chi connectivity index (χ3n) is 8.20. The average Bonchev–Trinajstić information content (AvgIpc) is 3.06. The highest BCUT2D eigenvalue weighted by Crippen LogP contribution is 2.13. The molecule has 0 fully saturated rings. The van der Waals surface area contributed by atoms with Crippen LogP contribution >= 0.6 is 0 Å². The fourth-order valence-corrected chi connectivity index (χ4v) is 5.26. The van der Waals surface area contributed by atoms with Gasteiger partial charge < -0.3 is 15.5 Å². The lowest BCUT2D eigenvalue weighted by atomic mass is 10.0. The number of aliphatic hydroxyl groups is 2. The van der Waals surface area contributed by atoms with Gasteiger partial charge in [-0.25, -0.2) is 0 Å². The lowest BCUT2D eigenvalue weighted by Gasteiger charge is -2.20. The maximum atomic E-state index is 12.3. The number of carbonyl (C=O) groups is 1. The molecule has 0 aliphatic carbocycles. The summed E-state index contributed by atoms with van der Waals surface area (Å²) in [7, 11) is 0. The molecule has 0 rings (SSSR count). The van der Waals surface area contributed by atoms with Crippen molar-refractivity contribution in [3.8, 4) is 0 Å². The largest absolute Gasteiger partial charge is 0.394 e. The predicted octanol–water partition coefficient (Wildman–Crippen LogP) is 11.6. The van der Waals surface area contributed by atoms with Gasteiger partial charge in [0.05, 0.1) is 18.8 Å². The van der Waals surface area contributed by atoms with Gasteiger partial charge in [0.15, 0.2) is 0 Å². The van der Waals surface area contributed by atoms with Crippen LogP contribution in [0.25, 0.3) is 0 Å². The summed E-state index contributed by atoms with van der Waals surface area (Å²) in [6, 6.07) is -0.635. The molecule has 0 spiro atoms. The Morgan fingerprint density at radius 2 is 0.957 bits per heavy atom. The summed E-state index contributed by atoms with van der Waals surface area (Å²) in [6.45, 7) is 4.16. The van der Waals surface area contributed by atoms with Crippen LogP contribution in [0.4, 0.5) is 0 Å². The van der Waals surface area contributed by atoms with Crippen LogP contribution in [0.1, 0.15) is 168 Å². The number of allylic oxidation sites excluding steroid dienone is 11. The Hall–Kier alpha value is -2.17. The smallest absolute Gasteiger partial charge is 0.220 e. The molecule has 0 aromatic carbocycles. The molecule has 3 N–H and O–H groups in total. The summed E-state index contributed by atoms with van der Waals surface area (Å²) in [6.07, 6.45) is 52.7. The number of aliphatic hydroxyl groups excluding tert-OH is 2. The van der Waals surface area contributed by atoms with Gasteiger partial charge in [-0.15, -0.1) is 0 Å². The molecule has 0 aliphatic heterocycles. The maximum Gasteiger partial charge on any atom is 0.220 e. The van der Waals surface area contributed by atoms with E-state index in [0.29, 0.717) is 6.42 Å². The zero-order chi connectivity index (χ0) is 33.6. The highest BCUT2D eigenvalue weighted by Gasteiger charge is 2.17. The van der Waals surface area contributed by atoms with Crippen LogP contribution in [0.5, 0.6) is 0 Å². The SMILES string of the molecule is CC/C=C\C/C=C\C/C=C\C/C=C\C/C=C\CCCCCCCC(=O)NC(CO)C(O)/C=C/CCCCCCCCCCCCC. The molecule has 4 nitrogen and oxygen atoms in total. The molecule has 2 unspecified atom stereocenters. The quantitative estimate of drug-likeness (QED) is 0.0494. The molecule has 0 aromatic rings. The fourth-order valence-electron chi connectivity index (χ4n) is 5.26. The Bertz CT molecular complexity index is 823. The number of hydrogen-bond acceptors (Lipinski definition) is 3. The summed E-state index contributed by atoms with van der Waals surface area (Å²) in [5.74, 6) is -0.0874. The zero-order valence-corrected chi connectivity index (χ0v) is 30.1. The van der Waals surface area contributed by atoms with E-state index in [0.717, 1.165) is 70.6 Å². The molecule has 46 heavy (non-hydrogen) atoms. The maximum absolute atomic E-state index is 12.3. The summed E-state index contributed by atoms with van der Waals surface area (Å²) >= 11 is 0. The van der Waals surface area contributed by atoms with Crippen molar-refractivity contribution >= 4 is 5.91 Å². The molecule has 4 heteroatoms. The van der Waals surface area contributed by atoms with E-state index in [1.165, 1.54) is 77.0 Å². The minimum atomic E-state index is -0.849. The van der Waals surface area contributed by atoms with E-state index in [1.807, 2.05) is 6.08 Å². The molecule has 264 valence electrons. The van der Waals surface area contributed by atoms with Crippen molar-refractivity contribution in [1.29, 1.82) is 0 Å². The monoisotopic (exact) mass is 640 g/mol. The molecule has 0 saturated heterocycles. The van der Waals surface area contributed by atoms with Gasteiger partial charge in [-0.1, -0.05) is 170 Å². The van der Waals surface area contributed by atoms with E-state index in [4.69, 9.17) is 0 Å². The van der Waals surface area contributed by atoms with Crippen LogP contribution in [0, 0.1) is 0 Å². The fraction of sp³-hybridized carbons (Fsp3) is 0.690. The van der Waals surface area contributed by atoms with Gasteiger partial charge in [-0.3, -0.25) is 4.79 Å². The Labute approximate surface area is 285 Å². The average molecular weight is 640 g/mol. The standard InChI is InChI=1S/C42H73NO3/c1-3-5-7-9-11-13-15-17-18-19-20-21-22-23-24-26-28-30-32-34-36-38-42(46)43-40(39-44)41(45)37-35-33-31-29-27-25-16-14-12-10-8-6-4-2/h5,7,11,13,17-18,20-21,23-24,35,37,40-41,44-45H,3-4,6,8-10,12,14-16,19,22,25-34,36,38-39H2,1-2H3,(H,43,46)/b7-5-,13-11-,18-17-,21-20-,24-23-,37-35+. The zero-order valence-electron chi connectivity index (χ0n) is 30.1. The van der Waals surface area contributed by atoms with Gasteiger partial charge in [0, 0.05) is 6.42 Å². The van der Waals surface area contributed by atoms with E-state index < -0.39 is 12.1 Å². The number of rotatable bonds is 33. The molecule has 0 aromatic heterocycles. The highest BCUT2D eigenvalue weighted by molar-refractivity contribution is 5.76. The van der Waals surface area contributed by atoms with E-state index >= 15 is 0 Å². The summed E-state index contributed by atoms with van der Waals surface area (Å²) in [4.78, 5) is 12.3. The summed E-state index contributed by atoms with van der Waals surface area (Å²) in [5.41, 5.74) is 0. The molecule has 0 bridgehead atoms. The first-order valence-corrected chi connectivity index (χ1v) is 19.2. The van der Waals surface area contributed by atoms with Crippen molar-refractivity contribution in [3.05, 3.63) is 72.9 Å². The summed E-state index contributed by atoms with van der Waals surface area (Å²) < 4.78 is 0. The number of amides is 1. The van der Waals surface area contributed by atoms with Crippen LogP contribution < -0.4 is 5.32 Å². The van der Waals surface area contributed by atoms with Gasteiger partial charge in [-0.2, -0.15) is 0 Å². The van der Waals surface area contributed by atoms with Gasteiger partial charge >= 0.3 is 0 Å². The number of carbonyl (C=O) groups excluding carboxylic acids is 1. The second-order valence-corrected chi connectivity index (χ2v) is 12.6. The second kappa shape index (κ2) is 37.3. The third kappa shape index (κ3) is 33.2. The Morgan fingerprint density at radius 1 is 0.543 bits per heavy atom. The first-order chi connectivity index (χ1) is 22.7. The van der Waals surface area contributed by atoms with Crippen LogP contribution in [-0.2, 0) is 4.79 Å². The van der Waals surface area contributed by atoms with Crippen molar-refractivity contribution in [2.45, 2.75) is 180 Å². The minimum absolute atomic E-state index is 0.0874. The van der Waals surface area contributed by atoms with Gasteiger partial charge in [0.2, 0.25) is 5.91 Å². The van der Waals surface area contributed by atoms with E-state index in [-0.39, 0.29) is 12.5 Å². The topological polar surface area (TPSA) is 69.6 Å². The third-order valence-corrected chi connectivity index (χ3v) is 8.20. The number of hydrogen-bond donors (Lipinski definition) is 3. The van der Waals surface area contributed by atoms with Crippen molar-refractivity contribution in [1.82, 2.24) is 5.32 Å². The first-order valence-electron chi connectivity index (χ1n) is 19.2. The lowest BCUT2D eigenvalue weighted by Crippen LogP contribution is -2.45. The molecule has 0 heterocycles. The van der Waals surface area contributed by atoms with Gasteiger partial charge in [0.25, 0.3) is 0 Å². The Kier molecular flexibility index (Phi) is 35.5. The lowest BCUT2D eigenvalue weighted by molar-refractivity contribution is -0.123. The predicted molar refractivity (Wildman–Crippen MR) is 202 cm³/mol.